The van der Waals surface area contributed by atoms with E-state index in [-0.39, 0.29) is 64.1 Å². The number of nitrogens with one attached hydrogen (secondary N) is 2. The maximum atomic E-state index is 15.1. The number of likely N-dealkylation sites (tertiary alicyclic amines) is 1. The molecule has 4 aliphatic rings. The predicted molar refractivity (Wildman–Crippen MR) is 270 cm³/mol. The highest BCUT2D eigenvalue weighted by atomic mass is 35.5. The molecule has 7 amide bonds. The van der Waals surface area contributed by atoms with Gasteiger partial charge in [0.1, 0.15) is 29.7 Å². The normalized spacial score (nSPS) is 19.4. The molecule has 2 heterocycles. The van der Waals surface area contributed by atoms with Gasteiger partial charge in [0.2, 0.25) is 41.4 Å². The second kappa shape index (κ2) is 25.8. The van der Waals surface area contributed by atoms with Crippen molar-refractivity contribution in [2.45, 2.75) is 139 Å². The summed E-state index contributed by atoms with van der Waals surface area (Å²) in [5.41, 5.74) is 5.95. The molecular formula is C53H72ClF3N8O10. The second-order valence-corrected chi connectivity index (χ2v) is 20.9. The third-order valence-electron chi connectivity index (χ3n) is 15.3. The number of carbonyl (C=O) groups is 8. The lowest BCUT2D eigenvalue weighted by Crippen LogP contribution is -2.65. The average Bonchev–Trinajstić information content (AvgIpc) is 4.21. The first-order chi connectivity index (χ1) is 35.5. The third-order valence-corrected chi connectivity index (χ3v) is 15.6. The van der Waals surface area contributed by atoms with E-state index in [2.05, 4.69) is 10.6 Å². The Hall–Kier alpha value is -5.80. The van der Waals surface area contributed by atoms with Crippen molar-refractivity contribution in [3.05, 3.63) is 69.7 Å². The first kappa shape index (κ1) is 58.5. The molecule has 5 atom stereocenters. The summed E-state index contributed by atoms with van der Waals surface area (Å²) in [6.45, 7) is 2.67. The van der Waals surface area contributed by atoms with Crippen LogP contribution in [0, 0.1) is 12.8 Å². The van der Waals surface area contributed by atoms with Crippen LogP contribution in [-0.4, -0.2) is 175 Å². The summed E-state index contributed by atoms with van der Waals surface area (Å²) >= 11 is 6.04. The summed E-state index contributed by atoms with van der Waals surface area (Å²) in [5, 5.41) is 5.20. The molecule has 0 bridgehead atoms. The predicted octanol–water partition coefficient (Wildman–Crippen LogP) is 3.80. The van der Waals surface area contributed by atoms with E-state index in [0.29, 0.717) is 50.9 Å². The molecule has 412 valence electrons. The van der Waals surface area contributed by atoms with Crippen LogP contribution >= 0.6 is 11.6 Å². The smallest absolute Gasteiger partial charge is 0.417 e. The van der Waals surface area contributed by atoms with Gasteiger partial charge < -0.3 is 50.3 Å². The number of likely N-dealkylation sites (N-methyl/N-ethyl adjacent to an activating group) is 3. The largest absolute Gasteiger partial charge is 0.469 e. The fourth-order valence-corrected chi connectivity index (χ4v) is 11.3. The van der Waals surface area contributed by atoms with Crippen LogP contribution in [0.4, 0.5) is 13.2 Å². The molecule has 75 heavy (non-hydrogen) atoms. The maximum absolute atomic E-state index is 15.1. The van der Waals surface area contributed by atoms with Crippen LogP contribution in [0.1, 0.15) is 99.3 Å². The minimum absolute atomic E-state index is 0.0136. The van der Waals surface area contributed by atoms with Gasteiger partial charge in [0.25, 0.3) is 0 Å². The maximum Gasteiger partial charge on any atom is 0.417 e. The first-order valence-corrected chi connectivity index (χ1v) is 26.2. The van der Waals surface area contributed by atoms with Crippen molar-refractivity contribution in [2.75, 3.05) is 67.6 Å². The number of hydrogen-bond acceptors (Lipinski definition) is 11. The van der Waals surface area contributed by atoms with Crippen LogP contribution in [0.15, 0.2) is 42.5 Å². The molecule has 2 aliphatic carbocycles. The van der Waals surface area contributed by atoms with Crippen molar-refractivity contribution in [3.8, 4) is 0 Å². The van der Waals surface area contributed by atoms with E-state index in [9.17, 15) is 46.7 Å². The van der Waals surface area contributed by atoms with Crippen LogP contribution in [0.5, 0.6) is 0 Å². The number of ether oxygens (including phenoxy) is 2. The number of aryl methyl sites for hydroxylation is 2. The van der Waals surface area contributed by atoms with Crippen molar-refractivity contribution in [2.24, 2.45) is 11.7 Å². The molecule has 4 N–H and O–H groups in total. The molecule has 2 aliphatic heterocycles. The van der Waals surface area contributed by atoms with Crippen molar-refractivity contribution in [1.29, 1.82) is 0 Å². The molecule has 0 radical (unpaired) electrons. The lowest BCUT2D eigenvalue weighted by molar-refractivity contribution is -0.158. The Labute approximate surface area is 441 Å². The summed E-state index contributed by atoms with van der Waals surface area (Å²) in [6, 6.07) is 5.03. The number of benzene rings is 2. The standard InChI is InChI=1S/C53H72ClF3N8O10/c1-33-14-16-35(17-15-33)30-39(58)47(69)61(2)32-43(66)59-40(21-19-34-18-20-37(38(54)29-34)53(55,56)57)48(70)65-24-10-13-41(65)46(68)60-52(22-8-9-23-52)51(73)63(4)45(36-11-6-7-12-36)50(72)62(3)42(31-44(67)74-5)49(71)64-25-27-75-28-26-64/h14-18,20,29,36,39-42,45H,6-13,19,21-28,30-32,58H2,1-5H3,(H,59,66)(H,60,68)/t39-,40-,41-,42-,45-/m0/s1. The van der Waals surface area contributed by atoms with Gasteiger partial charge in [0.15, 0.2) is 0 Å². The summed E-state index contributed by atoms with van der Waals surface area (Å²) in [5.74, 6) is -5.01. The van der Waals surface area contributed by atoms with E-state index in [0.717, 1.165) is 41.0 Å². The highest BCUT2D eigenvalue weighted by Gasteiger charge is 2.51. The summed E-state index contributed by atoms with van der Waals surface area (Å²) in [4.78, 5) is 120. The number of methoxy groups -OCH3 is 1. The van der Waals surface area contributed by atoms with Gasteiger partial charge >= 0.3 is 12.1 Å². The zero-order valence-electron chi connectivity index (χ0n) is 43.6. The molecular weight excluding hydrogens is 1000 g/mol. The molecule has 18 nitrogen and oxygen atoms in total. The van der Waals surface area contributed by atoms with Crippen molar-refractivity contribution in [3.63, 3.8) is 0 Å². The second-order valence-electron chi connectivity index (χ2n) is 20.5. The van der Waals surface area contributed by atoms with Gasteiger partial charge in [-0.3, -0.25) is 38.4 Å². The zero-order chi connectivity index (χ0) is 54.8. The van der Waals surface area contributed by atoms with Gasteiger partial charge in [-0.25, -0.2) is 0 Å². The van der Waals surface area contributed by atoms with Crippen molar-refractivity contribution >= 4 is 58.9 Å². The Morgan fingerprint density at radius 1 is 0.853 bits per heavy atom. The van der Waals surface area contributed by atoms with Crippen LogP contribution in [0.3, 0.4) is 0 Å². The lowest BCUT2D eigenvalue weighted by atomic mass is 9.90. The summed E-state index contributed by atoms with van der Waals surface area (Å²) < 4.78 is 51.1. The topological polar surface area (TPSA) is 221 Å². The van der Waals surface area contributed by atoms with Crippen molar-refractivity contribution < 1.29 is 61.0 Å². The number of halogens is 4. The van der Waals surface area contributed by atoms with Gasteiger partial charge in [-0.15, -0.1) is 0 Å². The highest BCUT2D eigenvalue weighted by Crippen LogP contribution is 2.38. The van der Waals surface area contributed by atoms with E-state index in [4.69, 9.17) is 26.8 Å². The van der Waals surface area contributed by atoms with Gasteiger partial charge in [0.05, 0.1) is 49.9 Å². The lowest BCUT2D eigenvalue weighted by Gasteiger charge is -2.42. The Bertz CT molecular complexity index is 2390. The molecule has 22 heteroatoms. The van der Waals surface area contributed by atoms with E-state index in [1.807, 2.05) is 31.2 Å². The van der Waals surface area contributed by atoms with Gasteiger partial charge in [-0.05, 0) is 93.9 Å². The average molecular weight is 1070 g/mol. The third kappa shape index (κ3) is 14.6. The number of esters is 1. The SMILES string of the molecule is COC(=O)C[C@@H](C(=O)N1CCOCC1)N(C)C(=O)[C@H](C1CCCC1)N(C)C(=O)C1(NC(=O)[C@@H]2CCCN2C(=O)[C@H](CCc2ccc(C(F)(F)F)c(Cl)c2)NC(=O)CN(C)C(=O)[C@@H](N)Cc2ccc(C)cc2)CCCC1. The molecule has 0 spiro atoms. The number of amides is 7. The summed E-state index contributed by atoms with van der Waals surface area (Å²) in [6.07, 6.45) is 0.0147. The molecule has 0 aromatic heterocycles. The number of hydrogen-bond donors (Lipinski definition) is 3. The molecule has 2 saturated carbocycles. The van der Waals surface area contributed by atoms with Gasteiger partial charge in [-0.1, -0.05) is 73.2 Å². The molecule has 0 unspecified atom stereocenters. The van der Waals surface area contributed by atoms with E-state index in [1.165, 1.54) is 49.0 Å². The number of carbonyl (C=O) groups excluding carboxylic acids is 8. The molecule has 2 aromatic rings. The molecule has 6 rings (SSSR count). The highest BCUT2D eigenvalue weighted by molar-refractivity contribution is 6.31. The molecule has 4 fully saturated rings. The van der Waals surface area contributed by atoms with Crippen LogP contribution in [-0.2, 0) is 66.8 Å². The number of rotatable bonds is 20. The van der Waals surface area contributed by atoms with Crippen LogP contribution < -0.4 is 16.4 Å². The number of alkyl halides is 3. The number of nitrogens with zero attached hydrogens (tertiary/aromatic N) is 5. The number of morpholine rings is 1. The van der Waals surface area contributed by atoms with Gasteiger partial charge in [0, 0.05) is 40.8 Å². The minimum atomic E-state index is -4.70. The fraction of sp³-hybridized carbons (Fsp3) is 0.623. The monoisotopic (exact) mass is 1070 g/mol. The Morgan fingerprint density at radius 2 is 1.49 bits per heavy atom. The van der Waals surface area contributed by atoms with Crippen LogP contribution in [0.2, 0.25) is 5.02 Å². The zero-order valence-corrected chi connectivity index (χ0v) is 44.3. The Balaban J connectivity index is 1.20. The van der Waals surface area contributed by atoms with Crippen molar-refractivity contribution in [1.82, 2.24) is 35.1 Å². The van der Waals surface area contributed by atoms with Crippen LogP contribution in [0.25, 0.3) is 0 Å². The fourth-order valence-electron chi connectivity index (χ4n) is 11.0. The molecule has 2 saturated heterocycles. The minimum Gasteiger partial charge on any atom is -0.469 e. The summed E-state index contributed by atoms with van der Waals surface area (Å²) in [7, 11) is 5.56. The van der Waals surface area contributed by atoms with Gasteiger partial charge in [-0.2, -0.15) is 13.2 Å². The first-order valence-electron chi connectivity index (χ1n) is 25.9. The Morgan fingerprint density at radius 3 is 2.11 bits per heavy atom. The Kier molecular flexibility index (Phi) is 20.1. The van der Waals surface area contributed by atoms with E-state index >= 15 is 4.79 Å². The quantitative estimate of drug-likeness (QED) is 0.162. The van der Waals surface area contributed by atoms with E-state index < -0.39 is 113 Å². The molecule has 2 aromatic carbocycles. The number of nitrogens with two attached hydrogens (primary N) is 1. The van der Waals surface area contributed by atoms with E-state index in [1.54, 1.807) is 4.90 Å².